The van der Waals surface area contributed by atoms with Crippen molar-refractivity contribution in [2.75, 3.05) is 19.6 Å². The predicted octanol–water partition coefficient (Wildman–Crippen LogP) is 23.8. The van der Waals surface area contributed by atoms with Crippen LogP contribution in [0.25, 0.3) is 51.5 Å². The van der Waals surface area contributed by atoms with Crippen molar-refractivity contribution in [1.82, 2.24) is 0 Å². The highest BCUT2D eigenvalue weighted by molar-refractivity contribution is 7.26. The first-order valence-electron chi connectivity index (χ1n) is 28.8. The molecule has 6 heteroatoms. The second-order valence-electron chi connectivity index (χ2n) is 22.4. The smallest absolute Gasteiger partial charge is 0.0468 e. The molecule has 0 fully saturated rings. The van der Waals surface area contributed by atoms with Gasteiger partial charge in [0.05, 0.1) is 0 Å². The van der Waals surface area contributed by atoms with Gasteiger partial charge in [0.15, 0.2) is 0 Å². The first-order chi connectivity index (χ1) is 41.0. The predicted molar refractivity (Wildman–Crippen MR) is 365 cm³/mol. The van der Waals surface area contributed by atoms with Gasteiger partial charge in [0.25, 0.3) is 0 Å². The molecule has 0 aliphatic rings. The highest BCUT2D eigenvalue weighted by atomic mass is 32.1. The van der Waals surface area contributed by atoms with Gasteiger partial charge in [0.2, 0.25) is 0 Å². The summed E-state index contributed by atoms with van der Waals surface area (Å²) in [6.45, 7) is 13.0. The van der Waals surface area contributed by atoms with Gasteiger partial charge in [-0.1, -0.05) is 103 Å². The summed E-state index contributed by atoms with van der Waals surface area (Å²) in [5.41, 5.74) is 23.2. The molecular weight excluding hydrogens is 1060 g/mol. The average Bonchev–Trinajstić information content (AvgIpc) is 3.10. The van der Waals surface area contributed by atoms with E-state index in [0.29, 0.717) is 0 Å². The summed E-state index contributed by atoms with van der Waals surface area (Å²) in [6, 6.07) is 98.9. The van der Waals surface area contributed by atoms with E-state index in [1.807, 2.05) is 22.7 Å². The van der Waals surface area contributed by atoms with Gasteiger partial charge in [-0.15, -0.1) is 22.7 Å². The molecule has 0 radical (unpaired) electrons. The van der Waals surface area contributed by atoms with Crippen LogP contribution in [0.3, 0.4) is 0 Å². The fraction of sp³-hybridized carbons (Fsp3) is 0.0769. The first-order valence-corrected chi connectivity index (χ1v) is 30.4. The SMILES string of the molecule is Cc1ccc(N(c2ccc(-c3ccc(N(c4cccc(C)c4)c4ccc5sc6ccc(N(c7cccc(C)c7)c7ccc8sc9ccc(N(c%10cccc(C)c%10)c%10cccc(C)c%10)cc9c8c7)cc6c5c4)cc3)cc2)c2cccc(C)c2)cc1. The highest BCUT2D eigenvalue weighted by Gasteiger charge is 2.22. The second kappa shape index (κ2) is 21.9. The number of nitrogens with zero attached hydrogens (tertiary/aromatic N) is 4. The maximum Gasteiger partial charge on any atom is 0.0468 e. The molecule has 0 saturated carbocycles. The minimum Gasteiger partial charge on any atom is -0.310 e. The molecule has 0 unspecified atom stereocenters. The zero-order valence-electron chi connectivity index (χ0n) is 48.0. The van der Waals surface area contributed by atoms with E-state index >= 15 is 0 Å². The van der Waals surface area contributed by atoms with Gasteiger partial charge >= 0.3 is 0 Å². The number of benzene rings is 12. The molecule has 0 atom stereocenters. The van der Waals surface area contributed by atoms with E-state index in [9.17, 15) is 0 Å². The Labute approximate surface area is 500 Å². The summed E-state index contributed by atoms with van der Waals surface area (Å²) >= 11 is 3.71. The molecule has 84 heavy (non-hydrogen) atoms. The number of thiophene rings is 2. The fourth-order valence-corrected chi connectivity index (χ4v) is 14.1. The van der Waals surface area contributed by atoms with Crippen molar-refractivity contribution in [2.24, 2.45) is 0 Å². The molecular formula is C78H62N4S2. The number of aryl methyl sites for hydroxylation is 6. The normalized spacial score (nSPS) is 11.5. The molecule has 406 valence electrons. The van der Waals surface area contributed by atoms with Crippen LogP contribution in [0.5, 0.6) is 0 Å². The first kappa shape index (κ1) is 52.4. The Kier molecular flexibility index (Phi) is 13.6. The van der Waals surface area contributed by atoms with Crippen LogP contribution in [0.2, 0.25) is 0 Å². The van der Waals surface area contributed by atoms with E-state index in [0.717, 1.165) is 73.8 Å². The third-order valence-corrected chi connectivity index (χ3v) is 18.4. The Bertz CT molecular complexity index is 4720. The van der Waals surface area contributed by atoms with Gasteiger partial charge in [-0.3, -0.25) is 0 Å². The summed E-state index contributed by atoms with van der Waals surface area (Å²) in [4.78, 5) is 9.57. The molecule has 0 saturated heterocycles. The summed E-state index contributed by atoms with van der Waals surface area (Å²) in [5.74, 6) is 0. The van der Waals surface area contributed by atoms with Gasteiger partial charge in [-0.25, -0.2) is 0 Å². The van der Waals surface area contributed by atoms with Crippen molar-refractivity contribution in [1.29, 1.82) is 0 Å². The zero-order valence-corrected chi connectivity index (χ0v) is 49.6. The lowest BCUT2D eigenvalue weighted by atomic mass is 10.0. The number of anilines is 12. The lowest BCUT2D eigenvalue weighted by Crippen LogP contribution is -2.10. The molecule has 14 rings (SSSR count). The summed E-state index contributed by atoms with van der Waals surface area (Å²) in [7, 11) is 0. The lowest BCUT2D eigenvalue weighted by Gasteiger charge is -2.27. The summed E-state index contributed by atoms with van der Waals surface area (Å²) < 4.78 is 5.05. The van der Waals surface area contributed by atoms with E-state index in [1.165, 1.54) is 79.3 Å². The molecule has 2 heterocycles. The van der Waals surface area contributed by atoms with Crippen LogP contribution in [0.15, 0.2) is 267 Å². The summed E-state index contributed by atoms with van der Waals surface area (Å²) in [5, 5.41) is 4.96. The van der Waals surface area contributed by atoms with Crippen LogP contribution >= 0.6 is 22.7 Å². The molecule has 4 nitrogen and oxygen atoms in total. The van der Waals surface area contributed by atoms with Crippen LogP contribution < -0.4 is 19.6 Å². The molecule has 2 aromatic heterocycles. The third-order valence-electron chi connectivity index (χ3n) is 16.1. The van der Waals surface area contributed by atoms with Crippen molar-refractivity contribution >= 4 is 131 Å². The Morgan fingerprint density at radius 3 is 0.667 bits per heavy atom. The fourth-order valence-electron chi connectivity index (χ4n) is 12.0. The van der Waals surface area contributed by atoms with Crippen LogP contribution in [-0.2, 0) is 0 Å². The van der Waals surface area contributed by atoms with Crippen molar-refractivity contribution in [3.8, 4) is 11.1 Å². The number of rotatable bonds is 13. The number of hydrogen-bond donors (Lipinski definition) is 0. The van der Waals surface area contributed by atoms with Crippen LogP contribution in [0.1, 0.15) is 33.4 Å². The maximum atomic E-state index is 2.44. The Balaban J connectivity index is 0.832. The Morgan fingerprint density at radius 2 is 0.405 bits per heavy atom. The monoisotopic (exact) mass is 1120 g/mol. The van der Waals surface area contributed by atoms with E-state index in [4.69, 9.17) is 0 Å². The average molecular weight is 1120 g/mol. The largest absolute Gasteiger partial charge is 0.310 e. The molecule has 0 bridgehead atoms. The molecule has 0 amide bonds. The minimum absolute atomic E-state index is 1.10. The summed E-state index contributed by atoms with van der Waals surface area (Å²) in [6.07, 6.45) is 0. The molecule has 0 spiro atoms. The van der Waals surface area contributed by atoms with Gasteiger partial charge in [-0.2, -0.15) is 0 Å². The quantitative estimate of drug-likeness (QED) is 0.114. The molecule has 0 N–H and O–H groups in total. The van der Waals surface area contributed by atoms with Crippen molar-refractivity contribution < 1.29 is 0 Å². The van der Waals surface area contributed by atoms with Gasteiger partial charge < -0.3 is 19.6 Å². The van der Waals surface area contributed by atoms with Crippen molar-refractivity contribution in [2.45, 2.75) is 41.5 Å². The zero-order chi connectivity index (χ0) is 57.0. The molecule has 0 aliphatic carbocycles. The van der Waals surface area contributed by atoms with E-state index in [-0.39, 0.29) is 0 Å². The Morgan fingerprint density at radius 1 is 0.190 bits per heavy atom. The standard InChI is InChI=1S/C78H62N4S2/c1-51-22-28-59(29-23-51)79(62-17-7-12-52(2)42-62)60-30-24-57(25-31-60)58-26-32-61(33-27-58)80(63-18-8-13-53(3)43-63)67-34-38-75-71(47-67)73-49-69(36-40-77(73)83-75)82(66-21-11-16-56(6)46-66)70-37-41-78-74(50-70)72-48-68(35-39-76(72)84-78)81(64-19-9-14-54(4)44-64)65-20-10-15-55(5)45-65/h7-50H,1-6H3. The Hall–Kier alpha value is -9.72. The third kappa shape index (κ3) is 10.1. The van der Waals surface area contributed by atoms with Crippen LogP contribution in [0, 0.1) is 41.5 Å². The van der Waals surface area contributed by atoms with Crippen LogP contribution in [-0.4, -0.2) is 0 Å². The van der Waals surface area contributed by atoms with Gasteiger partial charge in [-0.05, 0) is 250 Å². The molecule has 12 aromatic carbocycles. The van der Waals surface area contributed by atoms with E-state index < -0.39 is 0 Å². The second-order valence-corrected chi connectivity index (χ2v) is 24.6. The van der Waals surface area contributed by atoms with E-state index in [2.05, 4.69) is 328 Å². The van der Waals surface area contributed by atoms with Gasteiger partial charge in [0.1, 0.15) is 0 Å². The molecule has 14 aromatic rings. The van der Waals surface area contributed by atoms with Crippen molar-refractivity contribution in [3.05, 3.63) is 300 Å². The lowest BCUT2D eigenvalue weighted by molar-refractivity contribution is 1.26. The van der Waals surface area contributed by atoms with E-state index in [1.54, 1.807) is 0 Å². The van der Waals surface area contributed by atoms with Crippen molar-refractivity contribution in [3.63, 3.8) is 0 Å². The molecule has 0 aliphatic heterocycles. The highest BCUT2D eigenvalue weighted by Crippen LogP contribution is 2.47. The van der Waals surface area contributed by atoms with Crippen LogP contribution in [0.4, 0.5) is 68.2 Å². The number of hydrogen-bond acceptors (Lipinski definition) is 6. The topological polar surface area (TPSA) is 13.0 Å². The number of fused-ring (bicyclic) bond motifs is 6. The minimum atomic E-state index is 1.10. The maximum absolute atomic E-state index is 2.44. The van der Waals surface area contributed by atoms with Gasteiger partial charge in [0, 0.05) is 109 Å².